The van der Waals surface area contributed by atoms with Crippen molar-refractivity contribution >= 4 is 35.9 Å². The third kappa shape index (κ3) is 4.71. The first-order valence-electron chi connectivity index (χ1n) is 13.2. The van der Waals surface area contributed by atoms with Crippen LogP contribution in [-0.4, -0.2) is 56.1 Å². The maximum atomic E-state index is 13.6. The van der Waals surface area contributed by atoms with E-state index in [1.165, 1.54) is 31.9 Å². The zero-order valence-electron chi connectivity index (χ0n) is 22.4. The average molecular weight is 563 g/mol. The summed E-state index contributed by atoms with van der Waals surface area (Å²) in [6, 6.07) is 20.3. The molecule has 0 N–H and O–H groups in total. The Morgan fingerprint density at radius 1 is 0.875 bits per heavy atom. The summed E-state index contributed by atoms with van der Waals surface area (Å²) in [7, 11) is 2.92. The highest BCUT2D eigenvalue weighted by molar-refractivity contribution is 6.35. The van der Waals surface area contributed by atoms with Gasteiger partial charge in [-0.2, -0.15) is 0 Å². The number of nitrogens with zero attached hydrogens (tertiary/aromatic N) is 2. The van der Waals surface area contributed by atoms with Gasteiger partial charge >= 0.3 is 5.97 Å². The number of fused-ring (bicyclic) bond motifs is 3. The first-order chi connectivity index (χ1) is 19.0. The van der Waals surface area contributed by atoms with Crippen molar-refractivity contribution < 1.29 is 28.6 Å². The van der Waals surface area contributed by atoms with E-state index < -0.39 is 17.8 Å². The van der Waals surface area contributed by atoms with Crippen LogP contribution >= 0.6 is 12.4 Å². The van der Waals surface area contributed by atoms with Crippen molar-refractivity contribution in [2.75, 3.05) is 32.3 Å². The third-order valence-electron chi connectivity index (χ3n) is 8.26. The number of likely N-dealkylation sites (tertiary alicyclic amines) is 1. The maximum absolute atomic E-state index is 13.6. The van der Waals surface area contributed by atoms with Gasteiger partial charge in [-0.05, 0) is 36.5 Å². The number of hydrogen-bond acceptors (Lipinski definition) is 7. The topological polar surface area (TPSA) is 85.4 Å². The van der Waals surface area contributed by atoms with E-state index in [2.05, 4.69) is 29.2 Å². The second kappa shape index (κ2) is 11.3. The molecule has 0 aromatic heterocycles. The highest BCUT2D eigenvalue weighted by atomic mass is 35.5. The lowest BCUT2D eigenvalue weighted by atomic mass is 9.99. The minimum absolute atomic E-state index is 0. The number of amides is 2. The summed E-state index contributed by atoms with van der Waals surface area (Å²) in [5, 5.41) is 0. The smallest absolute Gasteiger partial charge is 0.340 e. The van der Waals surface area contributed by atoms with Crippen molar-refractivity contribution in [2.45, 2.75) is 25.4 Å². The van der Waals surface area contributed by atoms with Crippen LogP contribution in [0.15, 0.2) is 66.7 Å². The molecule has 1 saturated heterocycles. The molecule has 6 rings (SSSR count). The minimum Gasteiger partial charge on any atom is -0.493 e. The Labute approximate surface area is 239 Å². The number of esters is 1. The first-order valence-corrected chi connectivity index (χ1v) is 13.2. The van der Waals surface area contributed by atoms with Crippen LogP contribution in [0.2, 0.25) is 0 Å². The fraction of sp³-hybridized carbons (Fsp3) is 0.323. The molecule has 3 aromatic rings. The molecule has 1 aliphatic carbocycles. The number of ether oxygens (including phenoxy) is 3. The third-order valence-corrected chi connectivity index (χ3v) is 8.26. The summed E-state index contributed by atoms with van der Waals surface area (Å²) >= 11 is 0. The molecule has 0 spiro atoms. The molecule has 3 aromatic carbocycles. The number of methoxy groups -OCH3 is 2. The van der Waals surface area contributed by atoms with Crippen molar-refractivity contribution in [3.05, 3.63) is 89.0 Å². The molecule has 0 radical (unpaired) electrons. The van der Waals surface area contributed by atoms with Gasteiger partial charge in [0.15, 0.2) is 11.5 Å². The van der Waals surface area contributed by atoms with Crippen LogP contribution in [0.1, 0.15) is 49.5 Å². The molecule has 1 saturated carbocycles. The van der Waals surface area contributed by atoms with Gasteiger partial charge in [0.2, 0.25) is 0 Å². The van der Waals surface area contributed by atoms with Crippen molar-refractivity contribution in [3.8, 4) is 11.5 Å². The fourth-order valence-corrected chi connectivity index (χ4v) is 6.37. The van der Waals surface area contributed by atoms with Crippen LogP contribution in [0.5, 0.6) is 11.5 Å². The van der Waals surface area contributed by atoms with E-state index in [0.717, 1.165) is 30.8 Å². The van der Waals surface area contributed by atoms with Gasteiger partial charge < -0.3 is 14.2 Å². The first kappa shape index (κ1) is 27.7. The highest BCUT2D eigenvalue weighted by Gasteiger charge is 2.47. The standard InChI is InChI=1S/C31H30N2O6.ClH/c1-37-27-14-23(26(15-28(27)38-2)33-29(34)21-10-6-7-11-22(21)30(33)35)31(36)39-18-24-20-12-13-25(24)32(17-20)16-19-8-4-3-5-9-19;/h3-11,14-15,20,24-25H,12-13,16-18H2,1-2H3;1H. The molecule has 2 aliphatic heterocycles. The predicted octanol–water partition coefficient (Wildman–Crippen LogP) is 4.99. The number of piperidine rings is 1. The number of carbonyl (C=O) groups excluding carboxylic acids is 3. The molecule has 2 fully saturated rings. The lowest BCUT2D eigenvalue weighted by molar-refractivity contribution is 0.0409. The number of anilines is 1. The van der Waals surface area contributed by atoms with Crippen LogP contribution in [0.25, 0.3) is 0 Å². The van der Waals surface area contributed by atoms with Crippen molar-refractivity contribution in [1.82, 2.24) is 4.90 Å². The van der Waals surface area contributed by atoms with Gasteiger partial charge in [0.05, 0.1) is 43.2 Å². The lowest BCUT2D eigenvalue weighted by Crippen LogP contribution is -2.34. The molecule has 8 nitrogen and oxygen atoms in total. The van der Waals surface area contributed by atoms with Crippen molar-refractivity contribution in [2.24, 2.45) is 11.8 Å². The Kier molecular flexibility index (Phi) is 7.83. The van der Waals surface area contributed by atoms with Gasteiger partial charge in [-0.3, -0.25) is 14.5 Å². The Morgan fingerprint density at radius 3 is 2.15 bits per heavy atom. The molecule has 2 heterocycles. The van der Waals surface area contributed by atoms with E-state index in [4.69, 9.17) is 14.2 Å². The van der Waals surface area contributed by atoms with E-state index in [1.54, 1.807) is 24.3 Å². The Hall–Kier alpha value is -3.88. The quantitative estimate of drug-likeness (QED) is 0.282. The van der Waals surface area contributed by atoms with E-state index >= 15 is 0 Å². The van der Waals surface area contributed by atoms with Gasteiger partial charge in [0.25, 0.3) is 11.8 Å². The lowest BCUT2D eigenvalue weighted by Gasteiger charge is -2.27. The fourth-order valence-electron chi connectivity index (χ4n) is 6.37. The van der Waals surface area contributed by atoms with Crippen molar-refractivity contribution in [1.29, 1.82) is 0 Å². The Morgan fingerprint density at radius 2 is 1.50 bits per heavy atom. The molecule has 2 amide bonds. The molecule has 3 aliphatic rings. The Balaban J connectivity index is 0.00000323. The number of carbonyl (C=O) groups is 3. The average Bonchev–Trinajstić information content (AvgIpc) is 3.60. The van der Waals surface area contributed by atoms with Crippen LogP contribution in [0.3, 0.4) is 0 Å². The van der Waals surface area contributed by atoms with Gasteiger partial charge in [0.1, 0.15) is 0 Å². The number of rotatable bonds is 8. The van der Waals surface area contributed by atoms with Gasteiger partial charge in [0, 0.05) is 37.2 Å². The SMILES string of the molecule is COc1cc(C(=O)OCC2C3CCC2N(Cc2ccccc2)C3)c(N2C(=O)c3ccccc3C2=O)cc1OC.Cl. The normalized spacial score (nSPS) is 21.2. The number of hydrogen-bond donors (Lipinski definition) is 0. The molecule has 40 heavy (non-hydrogen) atoms. The van der Waals surface area contributed by atoms with E-state index in [9.17, 15) is 14.4 Å². The molecular weight excluding hydrogens is 532 g/mol. The monoisotopic (exact) mass is 562 g/mol. The van der Waals surface area contributed by atoms with Crippen molar-refractivity contribution in [3.63, 3.8) is 0 Å². The molecule has 9 heteroatoms. The molecule has 3 unspecified atom stereocenters. The van der Waals surface area contributed by atoms with Gasteiger partial charge in [-0.1, -0.05) is 42.5 Å². The summed E-state index contributed by atoms with van der Waals surface area (Å²) in [5.74, 6) is -0.299. The zero-order chi connectivity index (χ0) is 27.1. The highest BCUT2D eigenvalue weighted by Crippen LogP contribution is 2.44. The summed E-state index contributed by atoms with van der Waals surface area (Å²) in [4.78, 5) is 43.6. The summed E-state index contributed by atoms with van der Waals surface area (Å²) in [5.41, 5.74) is 2.05. The van der Waals surface area contributed by atoms with Crippen LogP contribution in [0, 0.1) is 11.8 Å². The second-order valence-corrected chi connectivity index (χ2v) is 10.3. The number of imide groups is 1. The second-order valence-electron chi connectivity index (χ2n) is 10.3. The minimum atomic E-state index is -0.608. The Bertz CT molecular complexity index is 1410. The van der Waals surface area contributed by atoms with Crippen LogP contribution < -0.4 is 14.4 Å². The summed E-state index contributed by atoms with van der Waals surface area (Å²) in [6.45, 7) is 2.14. The molecule has 208 valence electrons. The predicted molar refractivity (Wildman–Crippen MR) is 152 cm³/mol. The number of halogens is 1. The van der Waals surface area contributed by atoms with E-state index in [0.29, 0.717) is 23.5 Å². The van der Waals surface area contributed by atoms with E-state index in [-0.39, 0.29) is 47.3 Å². The maximum Gasteiger partial charge on any atom is 0.340 e. The summed E-state index contributed by atoms with van der Waals surface area (Å²) in [6.07, 6.45) is 2.20. The zero-order valence-corrected chi connectivity index (χ0v) is 23.2. The molecular formula is C31H31ClN2O6. The summed E-state index contributed by atoms with van der Waals surface area (Å²) < 4.78 is 16.8. The number of benzene rings is 3. The van der Waals surface area contributed by atoms with Crippen LogP contribution in [0.4, 0.5) is 5.69 Å². The van der Waals surface area contributed by atoms with Gasteiger partial charge in [-0.15, -0.1) is 12.4 Å². The van der Waals surface area contributed by atoms with E-state index in [1.807, 2.05) is 6.07 Å². The van der Waals surface area contributed by atoms with Crippen LogP contribution in [-0.2, 0) is 11.3 Å². The largest absolute Gasteiger partial charge is 0.493 e. The van der Waals surface area contributed by atoms with Gasteiger partial charge in [-0.25, -0.2) is 9.69 Å². The molecule has 2 bridgehead atoms. The molecule has 3 atom stereocenters.